The molecule has 0 bridgehead atoms. The highest BCUT2D eigenvalue weighted by molar-refractivity contribution is 5.84. The lowest BCUT2D eigenvalue weighted by Crippen LogP contribution is -2.27. The highest BCUT2D eigenvalue weighted by atomic mass is 16.5. The average molecular weight is 286 g/mol. The lowest BCUT2D eigenvalue weighted by atomic mass is 10.1. The number of rotatable bonds is 9. The molecule has 2 rings (SSSR count). The molecule has 3 heteroatoms. The number of hydrogen-bond donors (Lipinski definition) is 1. The number of ether oxygens (including phenoxy) is 1. The molecule has 1 heterocycles. The Bertz CT molecular complexity index is 574. The molecule has 2 aromatic rings. The summed E-state index contributed by atoms with van der Waals surface area (Å²) in [6.07, 6.45) is 6.33. The average Bonchev–Trinajstić information content (AvgIpc) is 2.88. The molecular weight excluding hydrogens is 260 g/mol. The molecule has 114 valence electrons. The van der Waals surface area contributed by atoms with E-state index in [-0.39, 0.29) is 0 Å². The second-order valence-electron chi connectivity index (χ2n) is 5.29. The minimum absolute atomic E-state index is 0.703. The van der Waals surface area contributed by atoms with Crippen molar-refractivity contribution in [2.75, 3.05) is 26.2 Å². The van der Waals surface area contributed by atoms with Crippen LogP contribution in [0.2, 0.25) is 0 Å². The normalized spacial score (nSPS) is 11.2. The van der Waals surface area contributed by atoms with E-state index in [1.54, 1.807) is 0 Å². The zero-order chi connectivity index (χ0) is 15.1. The monoisotopic (exact) mass is 286 g/mol. The van der Waals surface area contributed by atoms with E-state index in [0.29, 0.717) is 6.61 Å². The third-order valence-electron chi connectivity index (χ3n) is 3.67. The van der Waals surface area contributed by atoms with Gasteiger partial charge in [-0.15, -0.1) is 6.58 Å². The van der Waals surface area contributed by atoms with Crippen LogP contribution < -0.4 is 4.74 Å². The molecule has 0 radical (unpaired) electrons. The van der Waals surface area contributed by atoms with Crippen LogP contribution in [-0.4, -0.2) is 36.1 Å². The Morgan fingerprint density at radius 3 is 2.86 bits per heavy atom. The summed E-state index contributed by atoms with van der Waals surface area (Å²) in [6, 6.07) is 6.26. The van der Waals surface area contributed by atoms with Crippen LogP contribution in [0.15, 0.2) is 37.1 Å². The summed E-state index contributed by atoms with van der Waals surface area (Å²) >= 11 is 0. The molecule has 0 saturated heterocycles. The largest absolute Gasteiger partial charge is 0.494 e. The summed E-state index contributed by atoms with van der Waals surface area (Å²) in [7, 11) is 0. The number of H-pyrrole nitrogens is 1. The molecule has 1 N–H and O–H groups in total. The molecular formula is C18H26N2O. The highest BCUT2D eigenvalue weighted by Gasteiger charge is 2.08. The lowest BCUT2D eigenvalue weighted by Gasteiger charge is -2.19. The van der Waals surface area contributed by atoms with E-state index >= 15 is 0 Å². The maximum Gasteiger partial charge on any atom is 0.120 e. The SMILES string of the molecule is C=CCN(CCC)CCc1c[nH]c2ccc(OCC)cc12. The van der Waals surface area contributed by atoms with Gasteiger partial charge in [0.15, 0.2) is 0 Å². The number of aromatic nitrogens is 1. The van der Waals surface area contributed by atoms with Crippen molar-refractivity contribution in [3.63, 3.8) is 0 Å². The number of benzene rings is 1. The van der Waals surface area contributed by atoms with Gasteiger partial charge in [0.2, 0.25) is 0 Å². The molecule has 0 amide bonds. The Labute approximate surface area is 127 Å². The van der Waals surface area contributed by atoms with E-state index < -0.39 is 0 Å². The van der Waals surface area contributed by atoms with Crippen molar-refractivity contribution in [3.8, 4) is 5.75 Å². The fourth-order valence-corrected chi connectivity index (χ4v) is 2.69. The summed E-state index contributed by atoms with van der Waals surface area (Å²) < 4.78 is 5.60. The van der Waals surface area contributed by atoms with Gasteiger partial charge in [-0.05, 0) is 50.1 Å². The molecule has 0 saturated carbocycles. The third-order valence-corrected chi connectivity index (χ3v) is 3.67. The van der Waals surface area contributed by atoms with E-state index in [0.717, 1.165) is 31.8 Å². The Balaban J connectivity index is 2.10. The summed E-state index contributed by atoms with van der Waals surface area (Å²) in [5.74, 6) is 0.947. The van der Waals surface area contributed by atoms with E-state index in [9.17, 15) is 0 Å². The van der Waals surface area contributed by atoms with E-state index in [4.69, 9.17) is 4.74 Å². The van der Waals surface area contributed by atoms with Crippen LogP contribution in [0.5, 0.6) is 5.75 Å². The first-order chi connectivity index (χ1) is 10.3. The van der Waals surface area contributed by atoms with Crippen LogP contribution in [0.3, 0.4) is 0 Å². The molecule has 0 aliphatic rings. The smallest absolute Gasteiger partial charge is 0.120 e. The zero-order valence-corrected chi connectivity index (χ0v) is 13.2. The van der Waals surface area contributed by atoms with E-state index in [2.05, 4.69) is 41.7 Å². The quantitative estimate of drug-likeness (QED) is 0.706. The summed E-state index contributed by atoms with van der Waals surface area (Å²) in [5, 5.41) is 1.27. The molecule has 0 aliphatic carbocycles. The van der Waals surface area contributed by atoms with Gasteiger partial charge in [0.1, 0.15) is 5.75 Å². The van der Waals surface area contributed by atoms with E-state index in [1.165, 1.54) is 22.9 Å². The number of aromatic amines is 1. The van der Waals surface area contributed by atoms with Crippen molar-refractivity contribution in [2.24, 2.45) is 0 Å². The number of nitrogens with one attached hydrogen (secondary N) is 1. The van der Waals surface area contributed by atoms with Crippen LogP contribution in [-0.2, 0) is 6.42 Å². The molecule has 3 nitrogen and oxygen atoms in total. The van der Waals surface area contributed by atoms with Gasteiger partial charge >= 0.3 is 0 Å². The van der Waals surface area contributed by atoms with Crippen molar-refractivity contribution in [1.29, 1.82) is 0 Å². The second kappa shape index (κ2) is 7.89. The standard InChI is InChI=1S/C18H26N2O/c1-4-10-20(11-5-2)12-9-15-14-19-18-8-7-16(21-6-3)13-17(15)18/h4,7-8,13-14,19H,1,5-6,9-12H2,2-3H3. The molecule has 0 fully saturated rings. The minimum Gasteiger partial charge on any atom is -0.494 e. The maximum atomic E-state index is 5.60. The van der Waals surface area contributed by atoms with Gasteiger partial charge in [-0.1, -0.05) is 13.0 Å². The van der Waals surface area contributed by atoms with Crippen molar-refractivity contribution in [3.05, 3.63) is 42.6 Å². The summed E-state index contributed by atoms with van der Waals surface area (Å²) in [4.78, 5) is 5.79. The summed E-state index contributed by atoms with van der Waals surface area (Å²) in [6.45, 7) is 11.9. The number of fused-ring (bicyclic) bond motifs is 1. The van der Waals surface area contributed by atoms with Crippen LogP contribution >= 0.6 is 0 Å². The van der Waals surface area contributed by atoms with Crippen molar-refractivity contribution in [2.45, 2.75) is 26.7 Å². The van der Waals surface area contributed by atoms with Gasteiger partial charge < -0.3 is 9.72 Å². The Kier molecular flexibility index (Phi) is 5.88. The molecule has 0 aliphatic heterocycles. The van der Waals surface area contributed by atoms with Gasteiger partial charge in [-0.25, -0.2) is 0 Å². The first kappa shape index (κ1) is 15.6. The number of nitrogens with zero attached hydrogens (tertiary/aromatic N) is 1. The van der Waals surface area contributed by atoms with Gasteiger partial charge in [-0.2, -0.15) is 0 Å². The Morgan fingerprint density at radius 1 is 1.29 bits per heavy atom. The zero-order valence-electron chi connectivity index (χ0n) is 13.2. The van der Waals surface area contributed by atoms with Gasteiger partial charge in [-0.3, -0.25) is 4.90 Å². The minimum atomic E-state index is 0.703. The topological polar surface area (TPSA) is 28.3 Å². The van der Waals surface area contributed by atoms with Crippen molar-refractivity contribution < 1.29 is 4.74 Å². The fraction of sp³-hybridized carbons (Fsp3) is 0.444. The fourth-order valence-electron chi connectivity index (χ4n) is 2.69. The highest BCUT2D eigenvalue weighted by Crippen LogP contribution is 2.24. The molecule has 0 unspecified atom stereocenters. The first-order valence-corrected chi connectivity index (χ1v) is 7.84. The molecule has 0 atom stereocenters. The van der Waals surface area contributed by atoms with Gasteiger partial charge in [0.25, 0.3) is 0 Å². The van der Waals surface area contributed by atoms with Crippen LogP contribution in [0.25, 0.3) is 10.9 Å². The maximum absolute atomic E-state index is 5.60. The predicted molar refractivity (Wildman–Crippen MR) is 90.1 cm³/mol. The molecule has 1 aromatic carbocycles. The predicted octanol–water partition coefficient (Wildman–Crippen LogP) is 4.01. The lowest BCUT2D eigenvalue weighted by molar-refractivity contribution is 0.307. The molecule has 0 spiro atoms. The van der Waals surface area contributed by atoms with Crippen molar-refractivity contribution >= 4 is 10.9 Å². The molecule has 1 aromatic heterocycles. The van der Waals surface area contributed by atoms with Crippen LogP contribution in [0, 0.1) is 0 Å². The van der Waals surface area contributed by atoms with E-state index in [1.807, 2.05) is 19.1 Å². The van der Waals surface area contributed by atoms with Gasteiger partial charge in [0, 0.05) is 30.2 Å². The van der Waals surface area contributed by atoms with Crippen LogP contribution in [0.4, 0.5) is 0 Å². The third kappa shape index (κ3) is 4.11. The second-order valence-corrected chi connectivity index (χ2v) is 5.29. The number of hydrogen-bond acceptors (Lipinski definition) is 2. The van der Waals surface area contributed by atoms with Crippen LogP contribution in [0.1, 0.15) is 25.8 Å². The summed E-state index contributed by atoms with van der Waals surface area (Å²) in [5.41, 5.74) is 2.54. The first-order valence-electron chi connectivity index (χ1n) is 7.84. The Morgan fingerprint density at radius 2 is 2.14 bits per heavy atom. The molecule has 21 heavy (non-hydrogen) atoms. The Hall–Kier alpha value is -1.74. The van der Waals surface area contributed by atoms with Crippen molar-refractivity contribution in [1.82, 2.24) is 9.88 Å². The van der Waals surface area contributed by atoms with Gasteiger partial charge in [0.05, 0.1) is 6.61 Å².